The first kappa shape index (κ1) is 18.8. The SMILES string of the molecule is O=C(CNc1cc(-n2cnnn2)ccc1F)NN1C(=O)NC2(CCCCC2)C1=O. The smallest absolute Gasteiger partial charge is 0.344 e. The molecule has 1 aliphatic heterocycles. The maximum atomic E-state index is 14.0. The summed E-state index contributed by atoms with van der Waals surface area (Å²) in [4.78, 5) is 37.1. The number of nitrogens with zero attached hydrogens (tertiary/aromatic N) is 5. The van der Waals surface area contributed by atoms with Crippen molar-refractivity contribution in [2.45, 2.75) is 37.6 Å². The van der Waals surface area contributed by atoms with Gasteiger partial charge in [0.15, 0.2) is 0 Å². The fourth-order valence-corrected chi connectivity index (χ4v) is 3.63. The molecule has 152 valence electrons. The summed E-state index contributed by atoms with van der Waals surface area (Å²) in [6.45, 7) is -0.347. The van der Waals surface area contributed by atoms with Gasteiger partial charge in [0.25, 0.3) is 11.8 Å². The number of hydrogen-bond acceptors (Lipinski definition) is 7. The van der Waals surface area contributed by atoms with E-state index in [9.17, 15) is 18.8 Å². The molecule has 4 rings (SSSR count). The number of hydrazine groups is 1. The quantitative estimate of drug-likeness (QED) is 0.620. The molecule has 0 bridgehead atoms. The molecular formula is C17H19FN8O3. The van der Waals surface area contributed by atoms with Crippen LogP contribution in [0.1, 0.15) is 32.1 Å². The molecule has 2 aromatic rings. The highest BCUT2D eigenvalue weighted by atomic mass is 19.1. The third-order valence-corrected chi connectivity index (χ3v) is 5.11. The van der Waals surface area contributed by atoms with E-state index in [1.54, 1.807) is 0 Å². The van der Waals surface area contributed by atoms with E-state index in [4.69, 9.17) is 0 Å². The molecule has 0 atom stereocenters. The van der Waals surface area contributed by atoms with Gasteiger partial charge in [-0.05, 0) is 41.5 Å². The highest BCUT2D eigenvalue weighted by Gasteiger charge is 2.52. The predicted molar refractivity (Wildman–Crippen MR) is 96.9 cm³/mol. The second kappa shape index (κ2) is 7.45. The van der Waals surface area contributed by atoms with Gasteiger partial charge in [-0.25, -0.2) is 13.9 Å². The van der Waals surface area contributed by atoms with Gasteiger partial charge >= 0.3 is 6.03 Å². The number of carbonyl (C=O) groups is 3. The van der Waals surface area contributed by atoms with Crippen LogP contribution in [0.2, 0.25) is 0 Å². The Balaban J connectivity index is 1.39. The van der Waals surface area contributed by atoms with Crippen LogP contribution in [0.15, 0.2) is 24.5 Å². The van der Waals surface area contributed by atoms with Gasteiger partial charge in [0, 0.05) is 0 Å². The molecule has 0 radical (unpaired) electrons. The third kappa shape index (κ3) is 3.60. The molecule has 1 aromatic heterocycles. The molecule has 29 heavy (non-hydrogen) atoms. The lowest BCUT2D eigenvalue weighted by Gasteiger charge is -2.30. The number of anilines is 1. The Labute approximate surface area is 164 Å². The van der Waals surface area contributed by atoms with Gasteiger partial charge in [-0.2, -0.15) is 5.01 Å². The van der Waals surface area contributed by atoms with Gasteiger partial charge in [0.1, 0.15) is 17.7 Å². The zero-order chi connectivity index (χ0) is 20.4. The topological polar surface area (TPSA) is 134 Å². The first-order valence-corrected chi connectivity index (χ1v) is 9.21. The lowest BCUT2D eigenvalue weighted by Crippen LogP contribution is -2.51. The summed E-state index contributed by atoms with van der Waals surface area (Å²) in [5.74, 6) is -1.69. The molecule has 1 aromatic carbocycles. The second-order valence-corrected chi connectivity index (χ2v) is 7.02. The number of urea groups is 1. The number of tetrazole rings is 1. The van der Waals surface area contributed by atoms with E-state index < -0.39 is 29.2 Å². The molecule has 1 aliphatic carbocycles. The minimum Gasteiger partial charge on any atom is -0.374 e. The number of rotatable bonds is 5. The van der Waals surface area contributed by atoms with Crippen LogP contribution in [-0.2, 0) is 9.59 Å². The lowest BCUT2D eigenvalue weighted by atomic mass is 9.82. The first-order chi connectivity index (χ1) is 14.0. The Kier molecular flexibility index (Phi) is 4.82. The van der Waals surface area contributed by atoms with Crippen LogP contribution < -0.4 is 16.1 Å². The number of nitrogens with one attached hydrogen (secondary N) is 3. The van der Waals surface area contributed by atoms with E-state index in [1.807, 2.05) is 0 Å². The summed E-state index contributed by atoms with van der Waals surface area (Å²) in [5, 5.41) is 16.8. The highest BCUT2D eigenvalue weighted by Crippen LogP contribution is 2.33. The largest absolute Gasteiger partial charge is 0.374 e. The molecular weight excluding hydrogens is 383 g/mol. The third-order valence-electron chi connectivity index (χ3n) is 5.11. The van der Waals surface area contributed by atoms with Gasteiger partial charge in [-0.15, -0.1) is 5.10 Å². The van der Waals surface area contributed by atoms with Crippen LogP contribution in [0.5, 0.6) is 0 Å². The fourth-order valence-electron chi connectivity index (χ4n) is 3.63. The Morgan fingerprint density at radius 3 is 2.76 bits per heavy atom. The van der Waals surface area contributed by atoms with Crippen LogP contribution in [0.4, 0.5) is 14.9 Å². The molecule has 0 unspecified atom stereocenters. The number of aromatic nitrogens is 4. The Hall–Kier alpha value is -3.57. The van der Waals surface area contributed by atoms with Gasteiger partial charge in [-0.3, -0.25) is 15.0 Å². The zero-order valence-corrected chi connectivity index (χ0v) is 15.4. The minimum absolute atomic E-state index is 0.0501. The van der Waals surface area contributed by atoms with Crippen molar-refractivity contribution in [3.8, 4) is 5.69 Å². The molecule has 2 heterocycles. The number of amides is 4. The summed E-state index contributed by atoms with van der Waals surface area (Å²) in [6, 6.07) is 3.47. The lowest BCUT2D eigenvalue weighted by molar-refractivity contribution is -0.139. The molecule has 11 nitrogen and oxygen atoms in total. The number of halogens is 1. The molecule has 4 amide bonds. The highest BCUT2D eigenvalue weighted by molar-refractivity contribution is 6.08. The number of hydrogen-bond donors (Lipinski definition) is 3. The molecule has 1 saturated heterocycles. The van der Waals surface area contributed by atoms with E-state index in [1.165, 1.54) is 29.2 Å². The average molecular weight is 402 g/mol. The van der Waals surface area contributed by atoms with Crippen LogP contribution in [0.3, 0.4) is 0 Å². The van der Waals surface area contributed by atoms with E-state index in [2.05, 4.69) is 31.6 Å². The normalized spacial score (nSPS) is 18.0. The van der Waals surface area contributed by atoms with E-state index in [0.717, 1.165) is 19.3 Å². The number of carbonyl (C=O) groups excluding carboxylic acids is 3. The number of benzene rings is 1. The van der Waals surface area contributed by atoms with Crippen LogP contribution in [-0.4, -0.2) is 55.1 Å². The van der Waals surface area contributed by atoms with Crippen molar-refractivity contribution in [1.82, 2.24) is 36.0 Å². The predicted octanol–water partition coefficient (Wildman–Crippen LogP) is 0.499. The van der Waals surface area contributed by atoms with Crippen LogP contribution in [0.25, 0.3) is 5.69 Å². The summed E-state index contributed by atoms with van der Waals surface area (Å²) >= 11 is 0. The Morgan fingerprint density at radius 2 is 2.03 bits per heavy atom. The summed E-state index contributed by atoms with van der Waals surface area (Å²) in [5.41, 5.74) is 1.91. The molecule has 3 N–H and O–H groups in total. The Morgan fingerprint density at radius 1 is 1.24 bits per heavy atom. The Bertz CT molecular complexity index is 942. The van der Waals surface area contributed by atoms with Gasteiger partial charge in [-0.1, -0.05) is 19.3 Å². The average Bonchev–Trinajstić information content (AvgIpc) is 3.32. The summed E-state index contributed by atoms with van der Waals surface area (Å²) < 4.78 is 15.4. The van der Waals surface area contributed by atoms with Gasteiger partial charge in [0.2, 0.25) is 0 Å². The van der Waals surface area contributed by atoms with Crippen molar-refractivity contribution in [2.24, 2.45) is 0 Å². The van der Waals surface area contributed by atoms with Crippen molar-refractivity contribution in [1.29, 1.82) is 0 Å². The van der Waals surface area contributed by atoms with E-state index in [0.29, 0.717) is 23.5 Å². The fraction of sp³-hybridized carbons (Fsp3) is 0.412. The number of imide groups is 1. The van der Waals surface area contributed by atoms with Crippen molar-refractivity contribution in [2.75, 3.05) is 11.9 Å². The summed E-state index contributed by atoms with van der Waals surface area (Å²) in [6.07, 6.45) is 5.14. The van der Waals surface area contributed by atoms with Crippen LogP contribution >= 0.6 is 0 Å². The monoisotopic (exact) mass is 402 g/mol. The van der Waals surface area contributed by atoms with Crippen molar-refractivity contribution >= 4 is 23.5 Å². The minimum atomic E-state index is -0.928. The molecule has 1 spiro atoms. The molecule has 2 fully saturated rings. The van der Waals surface area contributed by atoms with Crippen molar-refractivity contribution in [3.05, 3.63) is 30.3 Å². The van der Waals surface area contributed by atoms with E-state index in [-0.39, 0.29) is 12.2 Å². The van der Waals surface area contributed by atoms with Crippen LogP contribution in [0, 0.1) is 5.82 Å². The van der Waals surface area contributed by atoms with E-state index >= 15 is 0 Å². The molecule has 12 heteroatoms. The summed E-state index contributed by atoms with van der Waals surface area (Å²) in [7, 11) is 0. The first-order valence-electron chi connectivity index (χ1n) is 9.21. The maximum Gasteiger partial charge on any atom is 0.344 e. The second-order valence-electron chi connectivity index (χ2n) is 7.02. The maximum absolute atomic E-state index is 14.0. The zero-order valence-electron chi connectivity index (χ0n) is 15.4. The van der Waals surface area contributed by atoms with Gasteiger partial charge < -0.3 is 10.6 Å². The molecule has 2 aliphatic rings. The van der Waals surface area contributed by atoms with Crippen molar-refractivity contribution in [3.63, 3.8) is 0 Å². The molecule has 1 saturated carbocycles. The van der Waals surface area contributed by atoms with Crippen molar-refractivity contribution < 1.29 is 18.8 Å². The standard InChI is InChI=1S/C17H19FN8O3/c18-12-5-4-11(25-10-20-23-24-25)8-13(12)19-9-14(27)22-26-15(28)17(21-16(26)29)6-2-1-3-7-17/h4-5,8,10,19H,1-3,6-7,9H2,(H,21,29)(H,22,27). The van der Waals surface area contributed by atoms with Gasteiger partial charge in [0.05, 0.1) is 17.9 Å².